The Bertz CT molecular complexity index is 698. The Balaban J connectivity index is 3.72. The molecule has 0 spiro atoms. The Morgan fingerprint density at radius 3 is 1.69 bits per heavy atom. The van der Waals surface area contributed by atoms with E-state index in [-0.39, 0.29) is 19.1 Å². The Morgan fingerprint density at radius 2 is 1.34 bits per heavy atom. The molecule has 4 nitrogen and oxygen atoms in total. The van der Waals surface area contributed by atoms with E-state index >= 15 is 0 Å². The van der Waals surface area contributed by atoms with Crippen molar-refractivity contribution < 1.29 is 19.1 Å². The molecule has 1 rings (SSSR count). The van der Waals surface area contributed by atoms with Crippen LogP contribution in [-0.4, -0.2) is 51.6 Å². The maximum absolute atomic E-state index is 13.4. The van der Waals surface area contributed by atoms with Gasteiger partial charge in [-0.05, 0) is 0 Å². The first-order valence-corrected chi connectivity index (χ1v) is 25.4. The number of esters is 2. The number of unbranched alkanes of at least 4 members (excludes halogenated alkanes) is 3. The fourth-order valence-electron chi connectivity index (χ4n) is 5.55. The van der Waals surface area contributed by atoms with Crippen molar-refractivity contribution in [2.45, 2.75) is 119 Å². The second-order valence-corrected chi connectivity index (χ2v) is 29.6. The normalized spacial score (nSPS) is 19.1. The van der Waals surface area contributed by atoms with Crippen LogP contribution in [0.1, 0.15) is 86.0 Å². The van der Waals surface area contributed by atoms with Crippen molar-refractivity contribution in [3.8, 4) is 0 Å². The molecule has 0 heterocycles. The summed E-state index contributed by atoms with van der Waals surface area (Å²) in [5.74, 6) is -0.741. The summed E-state index contributed by atoms with van der Waals surface area (Å²) in [5.41, 5.74) is 0.0841. The summed E-state index contributed by atoms with van der Waals surface area (Å²) in [7, 11) is -1.70. The number of ether oxygens (including phenoxy) is 2. The molecule has 0 radical (unpaired) electrons. The summed E-state index contributed by atoms with van der Waals surface area (Å²) in [6.07, 6.45) is 8.43. The molecular formula is C29H54O4SiSn. The molecule has 0 bridgehead atoms. The van der Waals surface area contributed by atoms with Gasteiger partial charge in [-0.2, -0.15) is 0 Å². The van der Waals surface area contributed by atoms with Crippen LogP contribution in [-0.2, 0) is 19.1 Å². The van der Waals surface area contributed by atoms with Crippen LogP contribution in [0.3, 0.4) is 0 Å². The molecule has 1 fully saturated rings. The third-order valence-corrected chi connectivity index (χ3v) is 24.4. The van der Waals surface area contributed by atoms with Crippen molar-refractivity contribution in [2.75, 3.05) is 13.2 Å². The van der Waals surface area contributed by atoms with Crippen LogP contribution in [0.4, 0.5) is 0 Å². The predicted molar refractivity (Wildman–Crippen MR) is 154 cm³/mol. The number of carbonyl (C=O) groups is 2. The van der Waals surface area contributed by atoms with Crippen LogP contribution < -0.4 is 0 Å². The first kappa shape index (κ1) is 32.5. The number of hydrogen-bond donors (Lipinski definition) is 0. The fraction of sp³-hybridized carbons (Fsp3) is 0.793. The average Bonchev–Trinajstić information content (AvgIpc) is 3.19. The topological polar surface area (TPSA) is 52.6 Å². The monoisotopic (exact) mass is 614 g/mol. The molecule has 0 aromatic heterocycles. The van der Waals surface area contributed by atoms with Crippen molar-refractivity contribution in [2.24, 2.45) is 11.3 Å². The van der Waals surface area contributed by atoms with E-state index in [1.54, 1.807) is 0 Å². The fourth-order valence-corrected chi connectivity index (χ4v) is 22.4. The van der Waals surface area contributed by atoms with Crippen LogP contribution >= 0.6 is 0 Å². The van der Waals surface area contributed by atoms with Crippen LogP contribution in [0.25, 0.3) is 0 Å². The van der Waals surface area contributed by atoms with Gasteiger partial charge in [0.05, 0.1) is 0 Å². The molecule has 0 amide bonds. The van der Waals surface area contributed by atoms with E-state index in [1.165, 1.54) is 62.6 Å². The van der Waals surface area contributed by atoms with Gasteiger partial charge in [-0.3, -0.25) is 0 Å². The van der Waals surface area contributed by atoms with Gasteiger partial charge in [-0.25, -0.2) is 0 Å². The van der Waals surface area contributed by atoms with Crippen molar-refractivity contribution in [3.05, 3.63) is 21.4 Å². The molecule has 0 saturated heterocycles. The Hall–Kier alpha value is -0.564. The van der Waals surface area contributed by atoms with Crippen LogP contribution in [0.2, 0.25) is 33.0 Å². The van der Waals surface area contributed by atoms with E-state index in [1.807, 2.05) is 13.8 Å². The molecule has 35 heavy (non-hydrogen) atoms. The van der Waals surface area contributed by atoms with Gasteiger partial charge in [0.1, 0.15) is 0 Å². The minimum absolute atomic E-state index is 0.0800. The predicted octanol–water partition coefficient (Wildman–Crippen LogP) is 8.26. The second-order valence-electron chi connectivity index (χ2n) is 11.6. The summed E-state index contributed by atoms with van der Waals surface area (Å²) in [5, 5.41) is 1.25. The Morgan fingerprint density at radius 1 is 0.914 bits per heavy atom. The van der Waals surface area contributed by atoms with E-state index in [0.29, 0.717) is 12.8 Å². The van der Waals surface area contributed by atoms with Crippen LogP contribution in [0, 0.1) is 11.3 Å². The zero-order valence-electron chi connectivity index (χ0n) is 24.2. The second kappa shape index (κ2) is 15.0. The summed E-state index contributed by atoms with van der Waals surface area (Å²) in [6, 6.07) is 0. The molecular weight excluding hydrogens is 559 g/mol. The van der Waals surface area contributed by atoms with Crippen molar-refractivity contribution >= 4 is 38.4 Å². The third-order valence-electron chi connectivity index (χ3n) is 7.80. The summed E-state index contributed by atoms with van der Waals surface area (Å²) < 4.78 is 17.9. The van der Waals surface area contributed by atoms with E-state index in [9.17, 15) is 9.59 Å². The molecule has 1 atom stereocenters. The SMILES string of the molecule is C=C(C1CC(C(=O)OCC)(C(=O)OCC)C/C1=[CH]\[Sn]([CH2]CCC)([CH2]CCC)[CH2]CCC)[Si](C)(C)C. The van der Waals surface area contributed by atoms with Gasteiger partial charge in [0.2, 0.25) is 0 Å². The van der Waals surface area contributed by atoms with Gasteiger partial charge < -0.3 is 0 Å². The van der Waals surface area contributed by atoms with Gasteiger partial charge in [0, 0.05) is 0 Å². The molecule has 6 heteroatoms. The van der Waals surface area contributed by atoms with Crippen molar-refractivity contribution in [3.63, 3.8) is 0 Å². The quantitative estimate of drug-likeness (QED) is 0.1000. The van der Waals surface area contributed by atoms with E-state index in [2.05, 4.69) is 51.1 Å². The first-order valence-electron chi connectivity index (χ1n) is 14.2. The third kappa shape index (κ3) is 8.75. The van der Waals surface area contributed by atoms with E-state index < -0.39 is 43.8 Å². The standard InChI is InChI=1S/C17H27O4Si.3C4H9.Sn/c1-8-20-15(18)17(16(19)21-9-2)10-12(3)14(11-17)13(4)22(5,6)7;3*1-3-4-2;/h3,14H,4,8-11H2,1-2,5-7H3;3*1,3-4H2,2H3;. The molecule has 1 saturated carbocycles. The van der Waals surface area contributed by atoms with Crippen molar-refractivity contribution in [1.29, 1.82) is 0 Å². The van der Waals surface area contributed by atoms with E-state index in [4.69, 9.17) is 9.47 Å². The number of carbonyl (C=O) groups excluding carboxylic acids is 2. The molecule has 0 aromatic carbocycles. The number of rotatable bonds is 16. The Kier molecular flexibility index (Phi) is 13.9. The van der Waals surface area contributed by atoms with Gasteiger partial charge in [0.15, 0.2) is 0 Å². The maximum atomic E-state index is 13.4. The number of allylic oxidation sites excluding steroid dienone is 2. The Labute approximate surface area is 221 Å². The molecule has 202 valence electrons. The van der Waals surface area contributed by atoms with Gasteiger partial charge in [-0.1, -0.05) is 0 Å². The zero-order chi connectivity index (χ0) is 26.7. The molecule has 0 aromatic rings. The average molecular weight is 614 g/mol. The molecule has 0 aliphatic heterocycles. The van der Waals surface area contributed by atoms with Crippen molar-refractivity contribution in [1.82, 2.24) is 0 Å². The number of hydrogen-bond acceptors (Lipinski definition) is 4. The molecule has 1 aliphatic carbocycles. The summed E-state index contributed by atoms with van der Waals surface area (Å²) in [4.78, 5) is 26.8. The molecule has 1 unspecified atom stereocenters. The van der Waals surface area contributed by atoms with E-state index in [0.717, 1.165) is 0 Å². The molecule has 0 N–H and O–H groups in total. The molecule has 1 aliphatic rings. The van der Waals surface area contributed by atoms with Gasteiger partial charge >= 0.3 is 222 Å². The summed E-state index contributed by atoms with van der Waals surface area (Å²) in [6.45, 7) is 22.6. The van der Waals surface area contributed by atoms with Gasteiger partial charge in [0.25, 0.3) is 0 Å². The summed E-state index contributed by atoms with van der Waals surface area (Å²) >= 11 is -2.67. The zero-order valence-corrected chi connectivity index (χ0v) is 28.0. The van der Waals surface area contributed by atoms with Gasteiger partial charge in [-0.15, -0.1) is 0 Å². The minimum atomic E-state index is -2.67. The van der Waals surface area contributed by atoms with Crippen LogP contribution in [0.5, 0.6) is 0 Å². The van der Waals surface area contributed by atoms with Crippen LogP contribution in [0.15, 0.2) is 21.4 Å². The first-order chi connectivity index (χ1) is 16.5.